The number of fused-ring (bicyclic) bond motifs is 1. The Labute approximate surface area is 156 Å². The minimum Gasteiger partial charge on any atom is -0.326 e. The predicted octanol–water partition coefficient (Wildman–Crippen LogP) is 3.00. The van der Waals surface area contributed by atoms with Crippen LogP contribution in [0.5, 0.6) is 0 Å². The molecule has 27 heavy (non-hydrogen) atoms. The quantitative estimate of drug-likeness (QED) is 0.734. The first-order valence-corrected chi connectivity index (χ1v) is 8.70. The van der Waals surface area contributed by atoms with Gasteiger partial charge >= 0.3 is 0 Å². The molecule has 3 aromatic rings. The number of aryl methyl sites for hydroxylation is 3. The normalized spacial score (nSPS) is 15.5. The minimum atomic E-state index is -0.537. The van der Waals surface area contributed by atoms with Crippen LogP contribution in [0, 0.1) is 20.8 Å². The minimum absolute atomic E-state index is 0.159. The Kier molecular flexibility index (Phi) is 4.19. The fraction of sp³-hybridized carbons (Fsp3) is 0.200. The highest BCUT2D eigenvalue weighted by Gasteiger charge is 2.25. The number of rotatable bonds is 2. The Morgan fingerprint density at radius 3 is 2.70 bits per heavy atom. The van der Waals surface area contributed by atoms with Crippen LogP contribution < -0.4 is 16.2 Å². The van der Waals surface area contributed by atoms with Gasteiger partial charge in [0, 0.05) is 35.4 Å². The molecule has 0 amide bonds. The third-order valence-electron chi connectivity index (χ3n) is 4.56. The molecule has 1 aliphatic rings. The van der Waals surface area contributed by atoms with Crippen LogP contribution in [0.4, 0.5) is 11.6 Å². The van der Waals surface area contributed by atoms with Crippen molar-refractivity contribution in [3.8, 4) is 0 Å². The van der Waals surface area contributed by atoms with Gasteiger partial charge in [0.05, 0.1) is 0 Å². The lowest BCUT2D eigenvalue weighted by Gasteiger charge is -2.27. The second-order valence-electron chi connectivity index (χ2n) is 6.62. The molecule has 0 saturated carbocycles. The van der Waals surface area contributed by atoms with E-state index in [-0.39, 0.29) is 5.56 Å². The van der Waals surface area contributed by atoms with E-state index in [9.17, 15) is 4.79 Å². The average Bonchev–Trinajstić information content (AvgIpc) is 2.64. The lowest BCUT2D eigenvalue weighted by Crippen LogP contribution is -2.37. The van der Waals surface area contributed by atoms with E-state index < -0.39 is 6.17 Å². The topological polar surface area (TPSA) is 84.2 Å². The van der Waals surface area contributed by atoms with Crippen LogP contribution in [0.2, 0.25) is 0 Å². The molecule has 0 radical (unpaired) electrons. The van der Waals surface area contributed by atoms with Crippen molar-refractivity contribution in [1.29, 1.82) is 0 Å². The zero-order valence-corrected chi connectivity index (χ0v) is 15.4. The van der Waals surface area contributed by atoms with Crippen molar-refractivity contribution in [2.75, 3.05) is 10.6 Å². The van der Waals surface area contributed by atoms with E-state index >= 15 is 0 Å². The Morgan fingerprint density at radius 2 is 1.96 bits per heavy atom. The number of pyridine rings is 1. The highest BCUT2D eigenvalue weighted by molar-refractivity contribution is 6.03. The molecular weight excluding hydrogens is 340 g/mol. The van der Waals surface area contributed by atoms with E-state index in [2.05, 4.69) is 46.6 Å². The molecule has 0 saturated heterocycles. The molecule has 0 fully saturated rings. The highest BCUT2D eigenvalue weighted by atomic mass is 16.1. The number of anilines is 2. The molecule has 136 valence electrons. The Balaban J connectivity index is 1.78. The molecule has 1 atom stereocenters. The predicted molar refractivity (Wildman–Crippen MR) is 106 cm³/mol. The maximum absolute atomic E-state index is 12.6. The summed E-state index contributed by atoms with van der Waals surface area (Å²) in [6, 6.07) is 11.3. The molecular formula is C20H20N6O. The number of nitrogens with zero attached hydrogens (tertiary/aromatic N) is 4. The number of hydrogen-bond donors (Lipinski definition) is 2. The first-order valence-electron chi connectivity index (χ1n) is 8.70. The maximum Gasteiger partial charge on any atom is 0.257 e. The van der Waals surface area contributed by atoms with Gasteiger partial charge in [0.15, 0.2) is 6.17 Å². The summed E-state index contributed by atoms with van der Waals surface area (Å²) in [5.41, 5.74) is 4.63. The van der Waals surface area contributed by atoms with Crippen molar-refractivity contribution in [3.63, 3.8) is 0 Å². The maximum atomic E-state index is 12.6. The van der Waals surface area contributed by atoms with E-state index in [1.54, 1.807) is 19.3 Å². The van der Waals surface area contributed by atoms with Gasteiger partial charge in [-0.2, -0.15) is 0 Å². The molecule has 7 nitrogen and oxygen atoms in total. The summed E-state index contributed by atoms with van der Waals surface area (Å²) in [5, 5.41) is 6.42. The molecule has 1 aromatic carbocycles. The zero-order chi connectivity index (χ0) is 19.0. The largest absolute Gasteiger partial charge is 0.326 e. The lowest BCUT2D eigenvalue weighted by atomic mass is 10.1. The highest BCUT2D eigenvalue weighted by Crippen LogP contribution is 2.25. The van der Waals surface area contributed by atoms with Gasteiger partial charge in [-0.05, 0) is 50.1 Å². The van der Waals surface area contributed by atoms with Crippen LogP contribution in [-0.2, 0) is 0 Å². The zero-order valence-electron chi connectivity index (χ0n) is 15.4. The smallest absolute Gasteiger partial charge is 0.257 e. The monoisotopic (exact) mass is 360 g/mol. The summed E-state index contributed by atoms with van der Waals surface area (Å²) in [6.07, 6.45) is 2.87. The van der Waals surface area contributed by atoms with Gasteiger partial charge in [0.2, 0.25) is 11.9 Å². The van der Waals surface area contributed by atoms with Crippen molar-refractivity contribution in [2.24, 2.45) is 4.99 Å². The first-order chi connectivity index (χ1) is 13.0. The molecule has 1 aliphatic heterocycles. The molecule has 1 unspecified atom stereocenters. The summed E-state index contributed by atoms with van der Waals surface area (Å²) < 4.78 is 1.54. The van der Waals surface area contributed by atoms with Gasteiger partial charge in [0.25, 0.3) is 5.56 Å². The number of aromatic nitrogens is 3. The van der Waals surface area contributed by atoms with Gasteiger partial charge in [-0.25, -0.2) is 9.98 Å². The second kappa shape index (κ2) is 6.68. The summed E-state index contributed by atoms with van der Waals surface area (Å²) in [7, 11) is 0. The third kappa shape index (κ3) is 3.31. The van der Waals surface area contributed by atoms with E-state index in [0.717, 1.165) is 11.3 Å². The number of guanidine groups is 1. The number of hydrogen-bond acceptors (Lipinski definition) is 6. The molecule has 3 heterocycles. The molecule has 0 spiro atoms. The molecule has 2 N–H and O–H groups in total. The van der Waals surface area contributed by atoms with Gasteiger partial charge < -0.3 is 5.32 Å². The van der Waals surface area contributed by atoms with E-state index in [0.29, 0.717) is 17.6 Å². The summed E-state index contributed by atoms with van der Waals surface area (Å²) in [4.78, 5) is 25.9. The van der Waals surface area contributed by atoms with Crippen LogP contribution >= 0.6 is 0 Å². The van der Waals surface area contributed by atoms with Crippen molar-refractivity contribution >= 4 is 17.6 Å². The van der Waals surface area contributed by atoms with Gasteiger partial charge in [-0.1, -0.05) is 12.1 Å². The Morgan fingerprint density at radius 1 is 1.11 bits per heavy atom. The second-order valence-corrected chi connectivity index (χ2v) is 6.62. The molecule has 2 aromatic heterocycles. The molecule has 0 aliphatic carbocycles. The Hall–Kier alpha value is -3.48. The summed E-state index contributed by atoms with van der Waals surface area (Å²) in [6.45, 7) is 5.93. The lowest BCUT2D eigenvalue weighted by molar-refractivity contribution is 0.575. The van der Waals surface area contributed by atoms with Crippen molar-refractivity contribution in [1.82, 2.24) is 14.5 Å². The van der Waals surface area contributed by atoms with E-state index in [1.165, 1.54) is 21.8 Å². The molecule has 4 rings (SSSR count). The van der Waals surface area contributed by atoms with Gasteiger partial charge in [-0.15, -0.1) is 0 Å². The van der Waals surface area contributed by atoms with E-state index in [1.807, 2.05) is 18.2 Å². The van der Waals surface area contributed by atoms with Crippen molar-refractivity contribution < 1.29 is 0 Å². The van der Waals surface area contributed by atoms with Crippen LogP contribution in [-0.4, -0.2) is 20.5 Å². The van der Waals surface area contributed by atoms with E-state index in [4.69, 9.17) is 4.99 Å². The van der Waals surface area contributed by atoms with Gasteiger partial charge in [0.1, 0.15) is 0 Å². The standard InChI is InChI=1S/C20H20N6O/c1-12-6-7-16(9-13(12)2)23-19-24-18(15-5-4-8-21-11-15)26-17(27)10-14(3)22-20(26)25-19/h4-11,18H,1-3H3,(H2,22,23,24,25). The summed E-state index contributed by atoms with van der Waals surface area (Å²) >= 11 is 0. The molecule has 7 heteroatoms. The summed E-state index contributed by atoms with van der Waals surface area (Å²) in [5.74, 6) is 0.986. The third-order valence-corrected chi connectivity index (χ3v) is 4.56. The first kappa shape index (κ1) is 17.0. The van der Waals surface area contributed by atoms with Crippen LogP contribution in [0.3, 0.4) is 0 Å². The van der Waals surface area contributed by atoms with Crippen LogP contribution in [0.25, 0.3) is 0 Å². The Bertz CT molecular complexity index is 1090. The number of aliphatic imine (C=N–C) groups is 1. The number of nitrogens with one attached hydrogen (secondary N) is 2. The fourth-order valence-corrected chi connectivity index (χ4v) is 3.02. The van der Waals surface area contributed by atoms with Gasteiger partial charge in [-0.3, -0.25) is 19.7 Å². The average molecular weight is 360 g/mol. The fourth-order valence-electron chi connectivity index (χ4n) is 3.02. The number of benzene rings is 1. The van der Waals surface area contributed by atoms with Crippen molar-refractivity contribution in [3.05, 3.63) is 81.5 Å². The van der Waals surface area contributed by atoms with Crippen molar-refractivity contribution in [2.45, 2.75) is 26.9 Å². The van der Waals surface area contributed by atoms with Crippen LogP contribution in [0.15, 0.2) is 58.6 Å². The SMILES string of the molecule is Cc1cc(=O)n2c(n1)NC(Nc1ccc(C)c(C)c1)=NC2c1cccnc1. The molecule has 0 bridgehead atoms. The van der Waals surface area contributed by atoms with Crippen LogP contribution in [0.1, 0.15) is 28.6 Å².